The SMILES string of the molecule is C=CC(C)(O)CCC1=C(C)[C@H](O)C[C@@H](Br)C1(C)C. The van der Waals surface area contributed by atoms with Gasteiger partial charge in [-0.1, -0.05) is 41.4 Å². The Morgan fingerprint density at radius 2 is 2.11 bits per heavy atom. The van der Waals surface area contributed by atoms with Crippen molar-refractivity contribution in [3.05, 3.63) is 23.8 Å². The average Bonchev–Trinajstić information content (AvgIpc) is 2.26. The lowest BCUT2D eigenvalue weighted by Gasteiger charge is -2.42. The number of alkyl halides is 1. The number of hydrogen-bond acceptors (Lipinski definition) is 2. The molecular weight excluding hydrogens is 292 g/mol. The first-order chi connectivity index (χ1) is 8.12. The Bertz CT molecular complexity index is 356. The van der Waals surface area contributed by atoms with Gasteiger partial charge in [-0.25, -0.2) is 0 Å². The molecule has 0 aromatic rings. The van der Waals surface area contributed by atoms with Gasteiger partial charge in [0.2, 0.25) is 0 Å². The summed E-state index contributed by atoms with van der Waals surface area (Å²) >= 11 is 3.68. The molecule has 104 valence electrons. The summed E-state index contributed by atoms with van der Waals surface area (Å²) < 4.78 is 0. The number of hydrogen-bond donors (Lipinski definition) is 2. The molecule has 3 heteroatoms. The number of halogens is 1. The number of allylic oxidation sites excluding steroid dienone is 1. The van der Waals surface area contributed by atoms with E-state index in [2.05, 4.69) is 36.4 Å². The van der Waals surface area contributed by atoms with Crippen LogP contribution in [0.4, 0.5) is 0 Å². The second-order valence-electron chi connectivity index (χ2n) is 6.16. The average molecular weight is 317 g/mol. The Morgan fingerprint density at radius 3 is 2.61 bits per heavy atom. The Hall–Kier alpha value is -0.120. The van der Waals surface area contributed by atoms with Crippen molar-refractivity contribution in [2.45, 2.75) is 63.5 Å². The van der Waals surface area contributed by atoms with Crippen LogP contribution < -0.4 is 0 Å². The van der Waals surface area contributed by atoms with E-state index in [1.807, 2.05) is 6.92 Å². The van der Waals surface area contributed by atoms with Crippen LogP contribution >= 0.6 is 15.9 Å². The quantitative estimate of drug-likeness (QED) is 0.615. The van der Waals surface area contributed by atoms with E-state index >= 15 is 0 Å². The molecule has 1 aliphatic rings. The lowest BCUT2D eigenvalue weighted by atomic mass is 9.69. The van der Waals surface area contributed by atoms with E-state index < -0.39 is 5.60 Å². The second-order valence-corrected chi connectivity index (χ2v) is 7.27. The van der Waals surface area contributed by atoms with Gasteiger partial charge in [-0.15, -0.1) is 6.58 Å². The fraction of sp³-hybridized carbons (Fsp3) is 0.733. The lowest BCUT2D eigenvalue weighted by Crippen LogP contribution is -2.37. The topological polar surface area (TPSA) is 40.5 Å². The zero-order chi connectivity index (χ0) is 14.1. The largest absolute Gasteiger partial charge is 0.389 e. The molecule has 0 radical (unpaired) electrons. The van der Waals surface area contributed by atoms with Gasteiger partial charge in [0.1, 0.15) is 0 Å². The van der Waals surface area contributed by atoms with Crippen molar-refractivity contribution in [3.63, 3.8) is 0 Å². The standard InChI is InChI=1S/C15H25BrO2/c1-6-15(5,18)8-7-11-10(2)12(17)9-13(16)14(11,3)4/h6,12-13,17-18H,1,7-9H2,2-5H3/t12-,13-,15?/m1/s1. The lowest BCUT2D eigenvalue weighted by molar-refractivity contribution is 0.0983. The Balaban J connectivity index is 2.95. The molecule has 0 aliphatic heterocycles. The van der Waals surface area contributed by atoms with E-state index in [1.165, 1.54) is 5.57 Å². The monoisotopic (exact) mass is 316 g/mol. The highest BCUT2D eigenvalue weighted by molar-refractivity contribution is 9.09. The third-order valence-electron chi connectivity index (χ3n) is 4.29. The van der Waals surface area contributed by atoms with E-state index in [9.17, 15) is 10.2 Å². The highest BCUT2D eigenvalue weighted by Crippen LogP contribution is 2.46. The van der Waals surface area contributed by atoms with E-state index in [4.69, 9.17) is 0 Å². The summed E-state index contributed by atoms with van der Waals surface area (Å²) in [5, 5.41) is 20.1. The molecule has 0 fully saturated rings. The van der Waals surface area contributed by atoms with Crippen molar-refractivity contribution >= 4 is 15.9 Å². The van der Waals surface area contributed by atoms with Crippen LogP contribution in [0.5, 0.6) is 0 Å². The molecule has 1 aliphatic carbocycles. The van der Waals surface area contributed by atoms with Crippen LogP contribution in [0.15, 0.2) is 23.8 Å². The molecule has 1 rings (SSSR count). The van der Waals surface area contributed by atoms with Gasteiger partial charge in [0.25, 0.3) is 0 Å². The van der Waals surface area contributed by atoms with Gasteiger partial charge in [0, 0.05) is 4.83 Å². The predicted octanol–water partition coefficient (Wildman–Crippen LogP) is 3.57. The van der Waals surface area contributed by atoms with Gasteiger partial charge in [0.15, 0.2) is 0 Å². The van der Waals surface area contributed by atoms with E-state index in [0.29, 0.717) is 6.42 Å². The minimum Gasteiger partial charge on any atom is -0.389 e. The molecule has 0 aromatic carbocycles. The van der Waals surface area contributed by atoms with Crippen LogP contribution in [0.1, 0.15) is 47.0 Å². The highest BCUT2D eigenvalue weighted by atomic mass is 79.9. The summed E-state index contributed by atoms with van der Waals surface area (Å²) in [6.45, 7) is 11.8. The van der Waals surface area contributed by atoms with Crippen molar-refractivity contribution in [3.8, 4) is 0 Å². The maximum Gasteiger partial charge on any atom is 0.0800 e. The maximum absolute atomic E-state index is 10.1. The van der Waals surface area contributed by atoms with Gasteiger partial charge in [-0.2, -0.15) is 0 Å². The van der Waals surface area contributed by atoms with Gasteiger partial charge >= 0.3 is 0 Å². The first kappa shape index (κ1) is 15.9. The van der Waals surface area contributed by atoms with E-state index in [1.54, 1.807) is 13.0 Å². The third-order valence-corrected chi connectivity index (χ3v) is 5.81. The summed E-state index contributed by atoms with van der Waals surface area (Å²) in [4.78, 5) is 0.271. The summed E-state index contributed by atoms with van der Waals surface area (Å²) in [5.74, 6) is 0. The van der Waals surface area contributed by atoms with Crippen LogP contribution in [-0.4, -0.2) is 26.7 Å². The summed E-state index contributed by atoms with van der Waals surface area (Å²) in [6, 6.07) is 0. The van der Waals surface area contributed by atoms with Gasteiger partial charge in [0.05, 0.1) is 11.7 Å². The van der Waals surface area contributed by atoms with E-state index in [-0.39, 0.29) is 16.3 Å². The van der Waals surface area contributed by atoms with Crippen molar-refractivity contribution < 1.29 is 10.2 Å². The molecule has 0 saturated carbocycles. The fourth-order valence-corrected chi connectivity index (χ4v) is 3.20. The summed E-state index contributed by atoms with van der Waals surface area (Å²) in [5.41, 5.74) is 1.49. The van der Waals surface area contributed by atoms with Crippen molar-refractivity contribution in [2.24, 2.45) is 5.41 Å². The highest BCUT2D eigenvalue weighted by Gasteiger charge is 2.39. The number of aliphatic hydroxyl groups excluding tert-OH is 1. The molecule has 0 amide bonds. The van der Waals surface area contributed by atoms with Crippen LogP contribution in [-0.2, 0) is 0 Å². The molecule has 0 heterocycles. The number of aliphatic hydroxyl groups is 2. The van der Waals surface area contributed by atoms with Crippen molar-refractivity contribution in [1.82, 2.24) is 0 Å². The molecule has 0 saturated heterocycles. The van der Waals surface area contributed by atoms with Crippen LogP contribution in [0.3, 0.4) is 0 Å². The first-order valence-electron chi connectivity index (χ1n) is 6.50. The predicted molar refractivity (Wildman–Crippen MR) is 79.9 cm³/mol. The van der Waals surface area contributed by atoms with Crippen molar-refractivity contribution in [1.29, 1.82) is 0 Å². The Labute approximate surface area is 119 Å². The van der Waals surface area contributed by atoms with Crippen molar-refractivity contribution in [2.75, 3.05) is 0 Å². The molecule has 1 unspecified atom stereocenters. The third kappa shape index (κ3) is 3.25. The Kier molecular flexibility index (Phi) is 4.85. The first-order valence-corrected chi connectivity index (χ1v) is 7.41. The molecular formula is C15H25BrO2. The molecule has 0 aromatic heterocycles. The minimum absolute atomic E-state index is 0.0144. The molecule has 0 spiro atoms. The zero-order valence-corrected chi connectivity index (χ0v) is 13.4. The minimum atomic E-state index is -0.840. The van der Waals surface area contributed by atoms with Crippen LogP contribution in [0, 0.1) is 5.41 Å². The molecule has 18 heavy (non-hydrogen) atoms. The van der Waals surface area contributed by atoms with Crippen LogP contribution in [0.25, 0.3) is 0 Å². The summed E-state index contributed by atoms with van der Waals surface area (Å²) in [7, 11) is 0. The molecule has 0 bridgehead atoms. The Morgan fingerprint density at radius 1 is 1.56 bits per heavy atom. The van der Waals surface area contributed by atoms with Gasteiger partial charge < -0.3 is 10.2 Å². The van der Waals surface area contributed by atoms with Crippen LogP contribution in [0.2, 0.25) is 0 Å². The maximum atomic E-state index is 10.1. The van der Waals surface area contributed by atoms with E-state index in [0.717, 1.165) is 18.4 Å². The van der Waals surface area contributed by atoms with Gasteiger partial charge in [-0.05, 0) is 44.1 Å². The normalized spacial score (nSPS) is 31.1. The van der Waals surface area contributed by atoms with Gasteiger partial charge in [-0.3, -0.25) is 0 Å². The molecule has 2 N–H and O–H groups in total. The fourth-order valence-electron chi connectivity index (χ4n) is 2.57. The zero-order valence-electron chi connectivity index (χ0n) is 11.8. The summed E-state index contributed by atoms with van der Waals surface area (Å²) in [6.07, 6.45) is 3.39. The number of rotatable bonds is 4. The smallest absolute Gasteiger partial charge is 0.0800 e. The molecule has 3 atom stereocenters. The molecule has 2 nitrogen and oxygen atoms in total. The second kappa shape index (κ2) is 5.48.